The monoisotopic (exact) mass is 176 g/mol. The molecule has 1 aromatic heterocycles. The summed E-state index contributed by atoms with van der Waals surface area (Å²) < 4.78 is 0. The van der Waals surface area contributed by atoms with Gasteiger partial charge < -0.3 is 5.21 Å². The van der Waals surface area contributed by atoms with Crippen molar-refractivity contribution in [3.63, 3.8) is 0 Å². The van der Waals surface area contributed by atoms with Gasteiger partial charge in [-0.05, 0) is 37.1 Å². The zero-order valence-corrected chi connectivity index (χ0v) is 7.73. The Hall–Kier alpha value is -1.64. The van der Waals surface area contributed by atoms with Gasteiger partial charge in [0.25, 0.3) is 0 Å². The van der Waals surface area contributed by atoms with E-state index in [0.717, 1.165) is 11.1 Å². The molecule has 0 saturated carbocycles. The average Bonchev–Trinajstić information content (AvgIpc) is 2.18. The molecule has 0 atom stereocenters. The maximum atomic E-state index is 8.52. The van der Waals surface area contributed by atoms with E-state index in [9.17, 15) is 0 Å². The van der Waals surface area contributed by atoms with Crippen LogP contribution in [-0.4, -0.2) is 15.9 Å². The molecule has 0 bridgehead atoms. The van der Waals surface area contributed by atoms with Crippen LogP contribution in [0.25, 0.3) is 6.08 Å². The second kappa shape index (κ2) is 4.40. The third-order valence-electron chi connectivity index (χ3n) is 1.81. The lowest BCUT2D eigenvalue weighted by Gasteiger charge is -1.97. The Morgan fingerprint density at radius 3 is 2.54 bits per heavy atom. The van der Waals surface area contributed by atoms with E-state index in [2.05, 4.69) is 10.1 Å². The first-order valence-corrected chi connectivity index (χ1v) is 4.01. The number of hydrogen-bond donors (Lipinski definition) is 1. The van der Waals surface area contributed by atoms with Crippen molar-refractivity contribution in [2.45, 2.75) is 13.8 Å². The molecule has 1 heterocycles. The fourth-order valence-corrected chi connectivity index (χ4v) is 0.893. The average molecular weight is 176 g/mol. The number of rotatable bonds is 2. The molecule has 0 aromatic carbocycles. The number of allylic oxidation sites excluding steroid dienone is 1. The summed E-state index contributed by atoms with van der Waals surface area (Å²) in [7, 11) is 0. The molecule has 3 heteroatoms. The third kappa shape index (κ3) is 2.71. The number of aromatic nitrogens is 1. The van der Waals surface area contributed by atoms with Gasteiger partial charge in [-0.15, -0.1) is 0 Å². The first-order chi connectivity index (χ1) is 6.24. The van der Waals surface area contributed by atoms with E-state index in [1.807, 2.05) is 25.1 Å². The molecule has 3 nitrogen and oxygen atoms in total. The minimum absolute atomic E-state index is 0.622. The van der Waals surface area contributed by atoms with E-state index in [4.69, 9.17) is 5.21 Å². The smallest absolute Gasteiger partial charge is 0.0794 e. The Balaban J connectivity index is 2.89. The molecule has 0 aliphatic rings. The van der Waals surface area contributed by atoms with Crippen LogP contribution >= 0.6 is 0 Å². The molecule has 13 heavy (non-hydrogen) atoms. The Bertz CT molecular complexity index is 328. The molecular weight excluding hydrogens is 164 g/mol. The molecule has 68 valence electrons. The number of hydrogen-bond acceptors (Lipinski definition) is 3. The second-order valence-corrected chi connectivity index (χ2v) is 2.79. The highest BCUT2D eigenvalue weighted by molar-refractivity contribution is 6.01. The van der Waals surface area contributed by atoms with E-state index >= 15 is 0 Å². The van der Waals surface area contributed by atoms with Crippen LogP contribution in [0, 0.1) is 0 Å². The van der Waals surface area contributed by atoms with Crippen molar-refractivity contribution < 1.29 is 5.21 Å². The minimum Gasteiger partial charge on any atom is -0.411 e. The van der Waals surface area contributed by atoms with Crippen LogP contribution in [-0.2, 0) is 0 Å². The van der Waals surface area contributed by atoms with Crippen molar-refractivity contribution in [1.29, 1.82) is 0 Å². The van der Waals surface area contributed by atoms with E-state index in [1.54, 1.807) is 19.3 Å². The summed E-state index contributed by atoms with van der Waals surface area (Å²) in [4.78, 5) is 3.91. The molecule has 1 aromatic rings. The first-order valence-electron chi connectivity index (χ1n) is 4.01. The zero-order chi connectivity index (χ0) is 9.68. The van der Waals surface area contributed by atoms with E-state index < -0.39 is 0 Å². The molecule has 1 N–H and O–H groups in total. The Morgan fingerprint density at radius 1 is 1.38 bits per heavy atom. The van der Waals surface area contributed by atoms with Crippen molar-refractivity contribution in [3.8, 4) is 0 Å². The lowest BCUT2D eigenvalue weighted by Crippen LogP contribution is -1.92. The quantitative estimate of drug-likeness (QED) is 0.427. The summed E-state index contributed by atoms with van der Waals surface area (Å²) in [6.07, 6.45) is 5.39. The summed E-state index contributed by atoms with van der Waals surface area (Å²) in [5, 5.41) is 11.6. The van der Waals surface area contributed by atoms with Gasteiger partial charge in [-0.25, -0.2) is 0 Å². The largest absolute Gasteiger partial charge is 0.411 e. The number of oxime groups is 1. The van der Waals surface area contributed by atoms with Gasteiger partial charge in [0.1, 0.15) is 0 Å². The number of pyridine rings is 1. The minimum atomic E-state index is 0.622. The highest BCUT2D eigenvalue weighted by Crippen LogP contribution is 2.06. The van der Waals surface area contributed by atoms with Crippen LogP contribution in [0.1, 0.15) is 19.4 Å². The predicted molar refractivity (Wildman–Crippen MR) is 52.8 cm³/mol. The van der Waals surface area contributed by atoms with E-state index in [-0.39, 0.29) is 0 Å². The summed E-state index contributed by atoms with van der Waals surface area (Å²) in [6, 6.07) is 3.79. The molecule has 1 rings (SSSR count). The molecule has 0 spiro atoms. The summed E-state index contributed by atoms with van der Waals surface area (Å²) >= 11 is 0. The van der Waals surface area contributed by atoms with Crippen molar-refractivity contribution >= 4 is 11.8 Å². The number of nitrogens with zero attached hydrogens (tertiary/aromatic N) is 2. The van der Waals surface area contributed by atoms with Crippen molar-refractivity contribution in [2.75, 3.05) is 0 Å². The maximum absolute atomic E-state index is 8.52. The fraction of sp³-hybridized carbons (Fsp3) is 0.200. The normalized spacial score (nSPS) is 13.1. The maximum Gasteiger partial charge on any atom is 0.0794 e. The Kier molecular flexibility index (Phi) is 3.20. The topological polar surface area (TPSA) is 45.5 Å². The van der Waals surface area contributed by atoms with Crippen molar-refractivity contribution in [1.82, 2.24) is 4.98 Å². The van der Waals surface area contributed by atoms with Crippen LogP contribution < -0.4 is 0 Å². The summed E-state index contributed by atoms with van der Waals surface area (Å²) in [5.41, 5.74) is 2.61. The molecule has 0 fully saturated rings. The molecular formula is C10H12N2O. The van der Waals surface area contributed by atoms with Gasteiger partial charge in [0, 0.05) is 12.4 Å². The highest BCUT2D eigenvalue weighted by Gasteiger charge is 1.94. The van der Waals surface area contributed by atoms with Crippen LogP contribution in [0.5, 0.6) is 0 Å². The van der Waals surface area contributed by atoms with E-state index in [0.29, 0.717) is 5.71 Å². The predicted octanol–water partition coefficient (Wildman–Crippen LogP) is 2.33. The van der Waals surface area contributed by atoms with Crippen LogP contribution in [0.15, 0.2) is 35.3 Å². The van der Waals surface area contributed by atoms with Gasteiger partial charge in [0.05, 0.1) is 5.71 Å². The zero-order valence-electron chi connectivity index (χ0n) is 7.73. The van der Waals surface area contributed by atoms with Gasteiger partial charge in [-0.3, -0.25) is 4.98 Å². The van der Waals surface area contributed by atoms with Gasteiger partial charge in [-0.1, -0.05) is 11.2 Å². The van der Waals surface area contributed by atoms with Crippen LogP contribution in [0.2, 0.25) is 0 Å². The van der Waals surface area contributed by atoms with Gasteiger partial charge in [-0.2, -0.15) is 0 Å². The Labute approximate surface area is 77.4 Å². The van der Waals surface area contributed by atoms with Crippen molar-refractivity contribution in [2.24, 2.45) is 5.16 Å². The lowest BCUT2D eigenvalue weighted by atomic mass is 10.1. The molecule has 0 aliphatic carbocycles. The van der Waals surface area contributed by atoms with Gasteiger partial charge in [0.15, 0.2) is 0 Å². The molecule has 0 saturated heterocycles. The summed E-state index contributed by atoms with van der Waals surface area (Å²) in [5.74, 6) is 0. The fourth-order valence-electron chi connectivity index (χ4n) is 0.893. The van der Waals surface area contributed by atoms with Crippen LogP contribution in [0.4, 0.5) is 0 Å². The first kappa shape index (κ1) is 9.45. The van der Waals surface area contributed by atoms with Gasteiger partial charge in [0.2, 0.25) is 0 Å². The molecule has 0 aliphatic heterocycles. The highest BCUT2D eigenvalue weighted by atomic mass is 16.4. The SMILES string of the molecule is CC(=C/c1ccncc1)/C(C)=N/O. The lowest BCUT2D eigenvalue weighted by molar-refractivity contribution is 0.319. The molecule has 0 amide bonds. The van der Waals surface area contributed by atoms with Crippen LogP contribution in [0.3, 0.4) is 0 Å². The van der Waals surface area contributed by atoms with Gasteiger partial charge >= 0.3 is 0 Å². The van der Waals surface area contributed by atoms with E-state index in [1.165, 1.54) is 0 Å². The second-order valence-electron chi connectivity index (χ2n) is 2.79. The molecule has 0 unspecified atom stereocenters. The molecule has 0 radical (unpaired) electrons. The third-order valence-corrected chi connectivity index (χ3v) is 1.81. The summed E-state index contributed by atoms with van der Waals surface area (Å²) in [6.45, 7) is 3.66. The standard InChI is InChI=1S/C10H12N2O/c1-8(9(2)12-13)7-10-3-5-11-6-4-10/h3-7,13H,1-2H3/b8-7-,12-9+. The van der Waals surface area contributed by atoms with Crippen molar-refractivity contribution in [3.05, 3.63) is 35.7 Å². The Morgan fingerprint density at radius 2 is 2.00 bits per heavy atom.